The van der Waals surface area contributed by atoms with Crippen LogP contribution in [0.25, 0.3) is 0 Å². The van der Waals surface area contributed by atoms with E-state index in [4.69, 9.17) is 5.84 Å². The highest BCUT2D eigenvalue weighted by Crippen LogP contribution is 2.50. The van der Waals surface area contributed by atoms with Gasteiger partial charge in [0.15, 0.2) is 0 Å². The van der Waals surface area contributed by atoms with Crippen molar-refractivity contribution in [2.45, 2.75) is 44.2 Å². The van der Waals surface area contributed by atoms with Crippen molar-refractivity contribution in [1.82, 2.24) is 15.2 Å². The maximum Gasteiger partial charge on any atom is 0.0387 e. The number of hydrogen-bond acceptors (Lipinski definition) is 4. The Morgan fingerprint density at radius 3 is 2.68 bits per heavy atom. The van der Waals surface area contributed by atoms with Crippen molar-refractivity contribution in [3.63, 3.8) is 0 Å². The number of fused-ring (bicyclic) bond motifs is 2. The molecule has 0 aromatic rings. The van der Waals surface area contributed by atoms with Crippen LogP contribution in [0.3, 0.4) is 0 Å². The molecule has 19 heavy (non-hydrogen) atoms. The van der Waals surface area contributed by atoms with Crippen LogP contribution in [0.1, 0.15) is 32.1 Å². The average molecular weight is 266 g/mol. The van der Waals surface area contributed by atoms with Crippen molar-refractivity contribution < 1.29 is 0 Å². The van der Waals surface area contributed by atoms with Crippen LogP contribution in [0.15, 0.2) is 0 Å². The second kappa shape index (κ2) is 5.68. The van der Waals surface area contributed by atoms with Gasteiger partial charge in [0.2, 0.25) is 0 Å². The summed E-state index contributed by atoms with van der Waals surface area (Å²) >= 11 is 0. The van der Waals surface area contributed by atoms with Gasteiger partial charge < -0.3 is 4.90 Å². The summed E-state index contributed by atoms with van der Waals surface area (Å²) in [6.07, 6.45) is 7.22. The Labute approximate surface area is 117 Å². The zero-order chi connectivity index (χ0) is 13.4. The first-order chi connectivity index (χ1) is 9.17. The molecule has 1 aliphatic heterocycles. The molecule has 0 radical (unpaired) electrons. The van der Waals surface area contributed by atoms with Crippen LogP contribution < -0.4 is 11.3 Å². The minimum Gasteiger partial charge on any atom is -0.303 e. The maximum atomic E-state index is 5.89. The number of piperazine rings is 1. The highest BCUT2D eigenvalue weighted by atomic mass is 15.3. The number of hydrogen-bond donors (Lipinski definition) is 2. The van der Waals surface area contributed by atoms with Gasteiger partial charge >= 0.3 is 0 Å². The van der Waals surface area contributed by atoms with Crippen LogP contribution in [0.2, 0.25) is 0 Å². The predicted molar refractivity (Wildman–Crippen MR) is 78.6 cm³/mol. The number of likely N-dealkylation sites (N-methyl/N-ethyl adjacent to an activating group) is 2. The molecule has 5 atom stereocenters. The molecular weight excluding hydrogens is 236 g/mol. The Bertz CT molecular complexity index is 309. The minimum atomic E-state index is 0.456. The van der Waals surface area contributed by atoms with Crippen LogP contribution >= 0.6 is 0 Å². The first-order valence-electron chi connectivity index (χ1n) is 8.02. The summed E-state index contributed by atoms with van der Waals surface area (Å²) < 4.78 is 0. The van der Waals surface area contributed by atoms with E-state index in [1.54, 1.807) is 0 Å². The molecular formula is C15H30N4. The molecule has 2 aliphatic carbocycles. The van der Waals surface area contributed by atoms with Crippen molar-refractivity contribution in [1.29, 1.82) is 0 Å². The Kier molecular flexibility index (Phi) is 4.13. The molecule has 3 N–H and O–H groups in total. The zero-order valence-corrected chi connectivity index (χ0v) is 12.5. The van der Waals surface area contributed by atoms with Crippen LogP contribution in [0.4, 0.5) is 0 Å². The van der Waals surface area contributed by atoms with Gasteiger partial charge in [0.25, 0.3) is 0 Å². The molecule has 4 heteroatoms. The molecule has 110 valence electrons. The van der Waals surface area contributed by atoms with Gasteiger partial charge in [-0.15, -0.1) is 0 Å². The smallest absolute Gasteiger partial charge is 0.0387 e. The molecule has 1 heterocycles. The highest BCUT2D eigenvalue weighted by Gasteiger charge is 2.41. The number of nitrogens with one attached hydrogen (secondary N) is 1. The van der Waals surface area contributed by atoms with Crippen LogP contribution in [-0.4, -0.2) is 55.6 Å². The molecule has 2 bridgehead atoms. The topological polar surface area (TPSA) is 44.5 Å². The van der Waals surface area contributed by atoms with Gasteiger partial charge in [-0.2, -0.15) is 0 Å². The van der Waals surface area contributed by atoms with Crippen molar-refractivity contribution >= 4 is 0 Å². The molecule has 2 saturated carbocycles. The van der Waals surface area contributed by atoms with Crippen LogP contribution in [0.5, 0.6) is 0 Å². The number of nitrogens with two attached hydrogens (primary N) is 1. The molecule has 0 spiro atoms. The highest BCUT2D eigenvalue weighted by molar-refractivity contribution is 4.95. The van der Waals surface area contributed by atoms with E-state index in [1.165, 1.54) is 38.6 Å². The summed E-state index contributed by atoms with van der Waals surface area (Å²) in [5.74, 6) is 8.87. The van der Waals surface area contributed by atoms with Crippen molar-refractivity contribution in [3.05, 3.63) is 0 Å². The van der Waals surface area contributed by atoms with Crippen molar-refractivity contribution in [2.75, 3.05) is 33.7 Å². The zero-order valence-electron chi connectivity index (χ0n) is 12.5. The van der Waals surface area contributed by atoms with E-state index in [1.807, 2.05) is 0 Å². The number of hydrazine groups is 1. The third kappa shape index (κ3) is 2.82. The molecule has 0 aromatic heterocycles. The Balaban J connectivity index is 1.60. The quantitative estimate of drug-likeness (QED) is 0.586. The summed E-state index contributed by atoms with van der Waals surface area (Å²) in [4.78, 5) is 4.94. The van der Waals surface area contributed by atoms with E-state index in [9.17, 15) is 0 Å². The molecule has 0 amide bonds. The monoisotopic (exact) mass is 266 g/mol. The van der Waals surface area contributed by atoms with Crippen molar-refractivity contribution in [3.8, 4) is 0 Å². The summed E-state index contributed by atoms with van der Waals surface area (Å²) in [6.45, 7) is 3.49. The van der Waals surface area contributed by atoms with E-state index >= 15 is 0 Å². The minimum absolute atomic E-state index is 0.456. The maximum absolute atomic E-state index is 5.89. The summed E-state index contributed by atoms with van der Waals surface area (Å²) in [6, 6.07) is 1.03. The molecule has 4 nitrogen and oxygen atoms in total. The molecule has 3 aliphatic rings. The largest absolute Gasteiger partial charge is 0.303 e. The van der Waals surface area contributed by atoms with Gasteiger partial charge in [0.05, 0.1) is 0 Å². The number of nitrogens with zero attached hydrogens (tertiary/aromatic N) is 2. The standard InChI is InChI=1S/C15H30N4/c1-18-5-6-19(2)15(10-18)14(17-16)9-13-8-11-3-4-12(13)7-11/h11-15,17H,3-10,16H2,1-2H3. The third-order valence-electron chi connectivity index (χ3n) is 6.02. The SMILES string of the molecule is CN1CCN(C)C(C(CC2CC3CCC2C3)NN)C1. The fraction of sp³-hybridized carbons (Fsp3) is 1.00. The van der Waals surface area contributed by atoms with Gasteiger partial charge in [-0.3, -0.25) is 16.2 Å². The lowest BCUT2D eigenvalue weighted by Crippen LogP contribution is -2.60. The van der Waals surface area contributed by atoms with Gasteiger partial charge in [0, 0.05) is 31.7 Å². The van der Waals surface area contributed by atoms with Gasteiger partial charge in [-0.25, -0.2) is 0 Å². The molecule has 3 fully saturated rings. The van der Waals surface area contributed by atoms with E-state index in [0.717, 1.165) is 30.8 Å². The van der Waals surface area contributed by atoms with Crippen molar-refractivity contribution in [2.24, 2.45) is 23.6 Å². The van der Waals surface area contributed by atoms with Gasteiger partial charge in [-0.05, 0) is 57.5 Å². The molecule has 1 saturated heterocycles. The second-order valence-corrected chi connectivity index (χ2v) is 7.25. The van der Waals surface area contributed by atoms with E-state index in [2.05, 4.69) is 29.3 Å². The summed E-state index contributed by atoms with van der Waals surface area (Å²) in [5, 5.41) is 0. The lowest BCUT2D eigenvalue weighted by atomic mass is 9.82. The average Bonchev–Trinajstić information content (AvgIpc) is 3.01. The van der Waals surface area contributed by atoms with Crippen LogP contribution in [0, 0.1) is 17.8 Å². The Hall–Kier alpha value is -0.160. The Morgan fingerprint density at radius 1 is 1.21 bits per heavy atom. The van der Waals surface area contributed by atoms with E-state index < -0.39 is 0 Å². The lowest BCUT2D eigenvalue weighted by molar-refractivity contribution is 0.0764. The summed E-state index contributed by atoms with van der Waals surface area (Å²) in [7, 11) is 4.48. The lowest BCUT2D eigenvalue weighted by Gasteiger charge is -2.43. The first-order valence-corrected chi connectivity index (χ1v) is 8.02. The molecule has 3 rings (SSSR count). The summed E-state index contributed by atoms with van der Waals surface area (Å²) in [5.41, 5.74) is 3.14. The molecule has 0 aromatic carbocycles. The fourth-order valence-electron chi connectivity index (χ4n) is 4.81. The number of rotatable bonds is 4. The fourth-order valence-corrected chi connectivity index (χ4v) is 4.81. The first kappa shape index (κ1) is 13.8. The van der Waals surface area contributed by atoms with E-state index in [-0.39, 0.29) is 0 Å². The normalized spacial score (nSPS) is 41.8. The van der Waals surface area contributed by atoms with Gasteiger partial charge in [-0.1, -0.05) is 6.42 Å². The predicted octanol–water partition coefficient (Wildman–Crippen LogP) is 0.890. The third-order valence-corrected chi connectivity index (χ3v) is 6.02. The van der Waals surface area contributed by atoms with Crippen LogP contribution in [-0.2, 0) is 0 Å². The van der Waals surface area contributed by atoms with E-state index in [0.29, 0.717) is 12.1 Å². The Morgan fingerprint density at radius 2 is 2.05 bits per heavy atom. The second-order valence-electron chi connectivity index (χ2n) is 7.25. The van der Waals surface area contributed by atoms with Gasteiger partial charge in [0.1, 0.15) is 0 Å². The molecule has 5 unspecified atom stereocenters.